The molecule has 6 rings (SSSR count). The van der Waals surface area contributed by atoms with E-state index in [0.717, 1.165) is 11.3 Å². The molecule has 56 heavy (non-hydrogen) atoms. The number of alkyl halides is 2. The Bertz CT molecular complexity index is 2080. The minimum Gasteiger partial charge on any atom is -0.453 e. The van der Waals surface area contributed by atoms with Crippen LogP contribution in [0, 0.1) is 17.7 Å². The number of aromatic nitrogens is 4. The quantitative estimate of drug-likeness (QED) is 0.136. The third-order valence-corrected chi connectivity index (χ3v) is 10.2. The van der Waals surface area contributed by atoms with E-state index in [1.165, 1.54) is 13.2 Å². The van der Waals surface area contributed by atoms with E-state index in [1.54, 1.807) is 67.5 Å². The van der Waals surface area contributed by atoms with E-state index < -0.39 is 66.9 Å². The fourth-order valence-electron chi connectivity index (χ4n) is 7.28. The van der Waals surface area contributed by atoms with E-state index in [1.807, 2.05) is 13.8 Å². The molecule has 2 aliphatic heterocycles. The lowest BCUT2D eigenvalue weighted by molar-refractivity contribution is -0.144. The number of nitrogens with zero attached hydrogens (tertiary/aromatic N) is 4. The summed E-state index contributed by atoms with van der Waals surface area (Å²) < 4.78 is 54.7. The third kappa shape index (κ3) is 8.35. The van der Waals surface area contributed by atoms with E-state index in [9.17, 15) is 28.0 Å². The average Bonchev–Trinajstić information content (AvgIpc) is 3.98. The number of hydrogen-bond acceptors (Lipinski definition) is 8. The van der Waals surface area contributed by atoms with Crippen LogP contribution in [0.5, 0.6) is 0 Å². The van der Waals surface area contributed by atoms with E-state index in [0.29, 0.717) is 46.9 Å². The fraction of sp³-hybridized carbons (Fsp3) is 0.436. The molecule has 0 bridgehead atoms. The Morgan fingerprint density at radius 2 is 1.50 bits per heavy atom. The molecule has 0 radical (unpaired) electrons. The first kappa shape index (κ1) is 39.8. The molecule has 0 saturated carbocycles. The molecular weight excluding hydrogens is 733 g/mol. The molecular formula is C39H45F3N8O6. The Morgan fingerprint density at radius 3 is 2.12 bits per heavy atom. The molecule has 2 aliphatic rings. The first-order chi connectivity index (χ1) is 26.6. The number of aromatic amines is 2. The smallest absolute Gasteiger partial charge is 0.407 e. The topological polar surface area (TPSA) is 189 Å². The van der Waals surface area contributed by atoms with Crippen LogP contribution in [-0.4, -0.2) is 92.0 Å². The number of nitrogens with two attached hydrogens (primary N) is 1. The van der Waals surface area contributed by atoms with Crippen LogP contribution in [-0.2, 0) is 19.1 Å². The Morgan fingerprint density at radius 1 is 0.875 bits per heavy atom. The summed E-state index contributed by atoms with van der Waals surface area (Å²) in [4.78, 5) is 68.0. The second-order valence-corrected chi connectivity index (χ2v) is 14.8. The fourth-order valence-corrected chi connectivity index (χ4v) is 7.28. The monoisotopic (exact) mass is 778 g/mol. The molecule has 5 N–H and O–H groups in total. The van der Waals surface area contributed by atoms with Crippen molar-refractivity contribution in [1.82, 2.24) is 35.1 Å². The number of benzene rings is 2. The van der Waals surface area contributed by atoms with E-state index in [4.69, 9.17) is 15.2 Å². The van der Waals surface area contributed by atoms with Gasteiger partial charge in [-0.25, -0.2) is 32.7 Å². The van der Waals surface area contributed by atoms with Crippen molar-refractivity contribution >= 4 is 24.0 Å². The molecule has 17 heteroatoms. The highest BCUT2D eigenvalue weighted by Crippen LogP contribution is 2.42. The van der Waals surface area contributed by atoms with Crippen molar-refractivity contribution < 1.29 is 41.8 Å². The Hall–Kier alpha value is -5.87. The van der Waals surface area contributed by atoms with Crippen LogP contribution in [0.1, 0.15) is 70.7 Å². The maximum absolute atomic E-state index is 15.7. The first-order valence-corrected chi connectivity index (χ1v) is 18.4. The standard InChI is InChI=1S/C39H45F3N8O6/c1-20(2)31(48-38(54)55-5)35(51)49-14-6-7-29(49)33-45-18-28(47-33)25-13-12-24(15-26(25)40)22-8-10-23(11-9-22)27-17-44-34(46-27)30-16-39(41,42)19-50(30)36(52)32(21(3)4)56-37(43)53/h8-13,15,17-18,20-21,29-32H,6-7,14,16,19H2,1-5H3,(H2,43,53)(H,44,46)(H,45,47)(H,48,54)/t29?,30-,31?,32-/m0/s1. The van der Waals surface area contributed by atoms with E-state index in [-0.39, 0.29) is 29.3 Å². The number of carbonyl (C=O) groups is 4. The van der Waals surface area contributed by atoms with Crippen molar-refractivity contribution in [2.75, 3.05) is 20.2 Å². The number of primary amides is 1. The van der Waals surface area contributed by atoms with Crippen molar-refractivity contribution in [3.8, 4) is 33.6 Å². The number of methoxy groups -OCH3 is 1. The molecule has 4 aromatic rings. The van der Waals surface area contributed by atoms with Gasteiger partial charge in [-0.05, 0) is 47.9 Å². The molecule has 0 aliphatic carbocycles. The second kappa shape index (κ2) is 16.1. The van der Waals surface area contributed by atoms with Gasteiger partial charge in [0.1, 0.15) is 23.5 Å². The SMILES string of the molecule is COC(=O)NC(C(=O)N1CCCC1c1nc(-c2ccc(-c3ccc(-c4c[nH]c([C@@H]5CC(F)(F)CN5C(=O)[C@@H](OC(N)=O)C(C)C)n4)cc3)cc2F)c[nH]1)C(C)C. The lowest BCUT2D eigenvalue weighted by atomic mass is 10.0. The summed E-state index contributed by atoms with van der Waals surface area (Å²) in [6.07, 6.45) is 0.691. The number of alkyl carbamates (subject to hydrolysis) is 1. The van der Waals surface area contributed by atoms with Gasteiger partial charge in [0, 0.05) is 36.5 Å². The van der Waals surface area contributed by atoms with Gasteiger partial charge in [0.25, 0.3) is 11.8 Å². The zero-order valence-corrected chi connectivity index (χ0v) is 31.6. The third-order valence-electron chi connectivity index (χ3n) is 10.2. The van der Waals surface area contributed by atoms with E-state index >= 15 is 4.39 Å². The largest absolute Gasteiger partial charge is 0.453 e. The van der Waals surface area contributed by atoms with Crippen LogP contribution in [0.3, 0.4) is 0 Å². The highest BCUT2D eigenvalue weighted by atomic mass is 19.3. The number of rotatable bonds is 11. The van der Waals surface area contributed by atoms with Crippen molar-refractivity contribution in [1.29, 1.82) is 0 Å². The van der Waals surface area contributed by atoms with Gasteiger partial charge in [-0.3, -0.25) is 9.59 Å². The number of imidazole rings is 2. The molecule has 2 unspecified atom stereocenters. The molecule has 0 spiro atoms. The number of H-pyrrole nitrogens is 2. The van der Waals surface area contributed by atoms with Crippen LogP contribution in [0.25, 0.3) is 33.6 Å². The number of carbonyl (C=O) groups excluding carboxylic acids is 4. The van der Waals surface area contributed by atoms with Crippen molar-refractivity contribution in [2.24, 2.45) is 17.6 Å². The molecule has 14 nitrogen and oxygen atoms in total. The lowest BCUT2D eigenvalue weighted by Crippen LogP contribution is -2.51. The van der Waals surface area contributed by atoms with Gasteiger partial charge in [0.05, 0.1) is 37.1 Å². The number of ether oxygens (including phenoxy) is 2. The van der Waals surface area contributed by atoms with Crippen LogP contribution in [0.4, 0.5) is 22.8 Å². The van der Waals surface area contributed by atoms with Gasteiger partial charge in [-0.1, -0.05) is 58.0 Å². The summed E-state index contributed by atoms with van der Waals surface area (Å²) in [5, 5.41) is 2.63. The Kier molecular flexibility index (Phi) is 11.4. The Labute approximate surface area is 321 Å². The number of halogens is 3. The molecule has 2 aromatic carbocycles. The summed E-state index contributed by atoms with van der Waals surface area (Å²) in [6.45, 7) is 6.54. The summed E-state index contributed by atoms with van der Waals surface area (Å²) in [5.74, 6) is -4.74. The first-order valence-electron chi connectivity index (χ1n) is 18.4. The molecule has 2 saturated heterocycles. The summed E-state index contributed by atoms with van der Waals surface area (Å²) in [5.41, 5.74) is 8.18. The maximum Gasteiger partial charge on any atom is 0.407 e. The summed E-state index contributed by atoms with van der Waals surface area (Å²) in [6, 6.07) is 9.65. The average molecular weight is 779 g/mol. The molecule has 298 valence electrons. The van der Waals surface area contributed by atoms with E-state index in [2.05, 4.69) is 25.3 Å². The van der Waals surface area contributed by atoms with Gasteiger partial charge in [0.15, 0.2) is 6.10 Å². The van der Waals surface area contributed by atoms with Gasteiger partial charge >= 0.3 is 12.2 Å². The maximum atomic E-state index is 15.7. The van der Waals surface area contributed by atoms with Gasteiger partial charge in [0.2, 0.25) is 5.91 Å². The number of likely N-dealkylation sites (tertiary alicyclic amines) is 2. The van der Waals surface area contributed by atoms with Crippen LogP contribution in [0.2, 0.25) is 0 Å². The lowest BCUT2D eigenvalue weighted by Gasteiger charge is -2.29. The van der Waals surface area contributed by atoms with Gasteiger partial charge < -0.3 is 40.3 Å². The minimum absolute atomic E-state index is 0.151. The predicted octanol–water partition coefficient (Wildman–Crippen LogP) is 6.35. The molecule has 2 aromatic heterocycles. The molecule has 4 heterocycles. The van der Waals surface area contributed by atoms with Crippen molar-refractivity contribution in [3.05, 3.63) is 72.3 Å². The summed E-state index contributed by atoms with van der Waals surface area (Å²) in [7, 11) is 1.24. The molecule has 2 fully saturated rings. The van der Waals surface area contributed by atoms with Gasteiger partial charge in [-0.2, -0.15) is 0 Å². The van der Waals surface area contributed by atoms with Crippen molar-refractivity contribution in [2.45, 2.75) is 77.1 Å². The summed E-state index contributed by atoms with van der Waals surface area (Å²) >= 11 is 0. The minimum atomic E-state index is -3.19. The highest BCUT2D eigenvalue weighted by Gasteiger charge is 2.50. The van der Waals surface area contributed by atoms with Crippen LogP contribution >= 0.6 is 0 Å². The number of amides is 4. The predicted molar refractivity (Wildman–Crippen MR) is 198 cm³/mol. The van der Waals surface area contributed by atoms with Crippen LogP contribution in [0.15, 0.2) is 54.9 Å². The second-order valence-electron chi connectivity index (χ2n) is 14.8. The molecule has 4 atom stereocenters. The number of nitrogens with one attached hydrogen (secondary N) is 3. The Balaban J connectivity index is 1.15. The zero-order valence-electron chi connectivity index (χ0n) is 31.6. The molecule has 4 amide bonds. The van der Waals surface area contributed by atoms with Crippen LogP contribution < -0.4 is 11.1 Å². The highest BCUT2D eigenvalue weighted by molar-refractivity contribution is 5.86. The number of hydrogen-bond donors (Lipinski definition) is 4. The zero-order chi connectivity index (χ0) is 40.5. The van der Waals surface area contributed by atoms with Gasteiger partial charge in [-0.15, -0.1) is 0 Å². The van der Waals surface area contributed by atoms with Crippen molar-refractivity contribution in [3.63, 3.8) is 0 Å². The normalized spacial score (nSPS) is 19.0.